The maximum Gasteiger partial charge on any atom is 0.264 e. The maximum absolute atomic E-state index is 12.4. The number of likely N-dealkylation sites (N-methyl/N-ethyl adjacent to an activating group) is 1. The minimum absolute atomic E-state index is 0.117. The Morgan fingerprint density at radius 2 is 2.32 bits per heavy atom. The van der Waals surface area contributed by atoms with Crippen molar-refractivity contribution in [3.05, 3.63) is 21.9 Å². The molecule has 1 unspecified atom stereocenters. The zero-order valence-electron chi connectivity index (χ0n) is 11.3. The molecule has 1 aliphatic rings. The van der Waals surface area contributed by atoms with Crippen LogP contribution in [-0.4, -0.2) is 55.0 Å². The molecule has 2 N–H and O–H groups in total. The molecule has 1 aliphatic heterocycles. The molecule has 0 spiro atoms. The van der Waals surface area contributed by atoms with Crippen LogP contribution in [0.1, 0.15) is 21.5 Å². The fraction of sp³-hybridized carbons (Fsp3) is 0.500. The van der Waals surface area contributed by atoms with E-state index in [1.807, 2.05) is 17.0 Å². The van der Waals surface area contributed by atoms with E-state index in [-0.39, 0.29) is 11.9 Å². The Morgan fingerprint density at radius 1 is 1.53 bits per heavy atom. The summed E-state index contributed by atoms with van der Waals surface area (Å²) in [7, 11) is 2.09. The van der Waals surface area contributed by atoms with E-state index in [0.29, 0.717) is 6.54 Å². The molecule has 5 heteroatoms. The van der Waals surface area contributed by atoms with Gasteiger partial charge in [0.1, 0.15) is 0 Å². The molecule has 1 saturated heterocycles. The van der Waals surface area contributed by atoms with Crippen LogP contribution in [0.5, 0.6) is 0 Å². The van der Waals surface area contributed by atoms with Crippen molar-refractivity contribution in [1.29, 1.82) is 0 Å². The third kappa shape index (κ3) is 3.35. The highest BCUT2D eigenvalue weighted by Gasteiger charge is 2.27. The molecule has 1 aromatic rings. The molecule has 0 aromatic carbocycles. The summed E-state index contributed by atoms with van der Waals surface area (Å²) in [6.07, 6.45) is 0. The fourth-order valence-corrected chi connectivity index (χ4v) is 3.08. The van der Waals surface area contributed by atoms with Crippen LogP contribution >= 0.6 is 11.3 Å². The topological polar surface area (TPSA) is 49.6 Å². The Hall–Kier alpha value is -1.35. The summed E-state index contributed by atoms with van der Waals surface area (Å²) in [4.78, 5) is 18.3. The zero-order chi connectivity index (χ0) is 13.8. The highest BCUT2D eigenvalue weighted by molar-refractivity contribution is 7.14. The standard InChI is InChI=1S/C14H19N3OS/c1-11-10-16(2)8-9-17(11)14(18)13-6-5-12(19-13)4-3-7-15/h5-6,11H,7-10,15H2,1-2H3. The molecule has 2 heterocycles. The molecule has 1 amide bonds. The second-order valence-corrected chi connectivity index (χ2v) is 5.86. The highest BCUT2D eigenvalue weighted by Crippen LogP contribution is 2.20. The average molecular weight is 277 g/mol. The van der Waals surface area contributed by atoms with Crippen molar-refractivity contribution < 1.29 is 4.79 Å². The molecule has 0 radical (unpaired) electrons. The number of piperazine rings is 1. The second kappa shape index (κ2) is 6.20. The first-order valence-electron chi connectivity index (χ1n) is 6.40. The minimum atomic E-state index is 0.117. The summed E-state index contributed by atoms with van der Waals surface area (Å²) in [6.45, 7) is 5.09. The lowest BCUT2D eigenvalue weighted by Gasteiger charge is -2.38. The van der Waals surface area contributed by atoms with E-state index in [1.165, 1.54) is 11.3 Å². The van der Waals surface area contributed by atoms with E-state index >= 15 is 0 Å². The van der Waals surface area contributed by atoms with Gasteiger partial charge in [0.25, 0.3) is 5.91 Å². The van der Waals surface area contributed by atoms with Crippen LogP contribution in [0.15, 0.2) is 12.1 Å². The van der Waals surface area contributed by atoms with Crippen molar-refractivity contribution in [3.8, 4) is 11.8 Å². The van der Waals surface area contributed by atoms with E-state index in [2.05, 4.69) is 30.7 Å². The van der Waals surface area contributed by atoms with Crippen molar-refractivity contribution in [1.82, 2.24) is 9.80 Å². The number of thiophene rings is 1. The summed E-state index contributed by atoms with van der Waals surface area (Å²) in [5.41, 5.74) is 5.34. The van der Waals surface area contributed by atoms with Crippen molar-refractivity contribution in [3.63, 3.8) is 0 Å². The van der Waals surface area contributed by atoms with Crippen molar-refractivity contribution in [2.24, 2.45) is 5.73 Å². The van der Waals surface area contributed by atoms with Gasteiger partial charge < -0.3 is 15.5 Å². The van der Waals surface area contributed by atoms with Gasteiger partial charge in [-0.25, -0.2) is 0 Å². The van der Waals surface area contributed by atoms with Crippen molar-refractivity contribution in [2.45, 2.75) is 13.0 Å². The summed E-state index contributed by atoms with van der Waals surface area (Å²) in [5.74, 6) is 5.89. The summed E-state index contributed by atoms with van der Waals surface area (Å²) in [6, 6.07) is 4.01. The fourth-order valence-electron chi connectivity index (χ4n) is 2.24. The lowest BCUT2D eigenvalue weighted by atomic mass is 10.2. The summed E-state index contributed by atoms with van der Waals surface area (Å²) < 4.78 is 0. The summed E-state index contributed by atoms with van der Waals surface area (Å²) >= 11 is 1.44. The van der Waals surface area contributed by atoms with Crippen LogP contribution in [0.4, 0.5) is 0 Å². The number of nitrogens with two attached hydrogens (primary N) is 1. The predicted octanol–water partition coefficient (Wildman–Crippen LogP) is 0.834. The Morgan fingerprint density at radius 3 is 3.00 bits per heavy atom. The number of nitrogens with zero attached hydrogens (tertiary/aromatic N) is 2. The lowest BCUT2D eigenvalue weighted by molar-refractivity contribution is 0.0538. The Labute approximate surface area is 118 Å². The Balaban J connectivity index is 2.09. The smallest absolute Gasteiger partial charge is 0.264 e. The van der Waals surface area contributed by atoms with Crippen LogP contribution in [-0.2, 0) is 0 Å². The zero-order valence-corrected chi connectivity index (χ0v) is 12.2. The van der Waals surface area contributed by atoms with Gasteiger partial charge in [-0.3, -0.25) is 4.79 Å². The van der Waals surface area contributed by atoms with Gasteiger partial charge in [0, 0.05) is 25.7 Å². The molecular formula is C14H19N3OS. The van der Waals surface area contributed by atoms with Gasteiger partial charge in [-0.1, -0.05) is 11.8 Å². The number of rotatable bonds is 1. The normalized spacial score (nSPS) is 19.9. The van der Waals surface area contributed by atoms with E-state index in [4.69, 9.17) is 5.73 Å². The number of amides is 1. The van der Waals surface area contributed by atoms with Gasteiger partial charge >= 0.3 is 0 Å². The van der Waals surface area contributed by atoms with Gasteiger partial charge in [0.05, 0.1) is 16.3 Å². The van der Waals surface area contributed by atoms with Crippen LogP contribution in [0.2, 0.25) is 0 Å². The van der Waals surface area contributed by atoms with Crippen LogP contribution in [0.25, 0.3) is 0 Å². The Bertz CT molecular complexity index is 514. The lowest BCUT2D eigenvalue weighted by Crippen LogP contribution is -2.52. The third-order valence-electron chi connectivity index (χ3n) is 3.22. The predicted molar refractivity (Wildman–Crippen MR) is 78.2 cm³/mol. The van der Waals surface area contributed by atoms with Gasteiger partial charge in [0.15, 0.2) is 0 Å². The molecule has 1 aromatic heterocycles. The molecule has 0 bridgehead atoms. The van der Waals surface area contributed by atoms with Crippen LogP contribution in [0, 0.1) is 11.8 Å². The second-order valence-electron chi connectivity index (χ2n) is 4.78. The first-order valence-corrected chi connectivity index (χ1v) is 7.21. The minimum Gasteiger partial charge on any atom is -0.333 e. The molecular weight excluding hydrogens is 258 g/mol. The SMILES string of the molecule is CC1CN(C)CCN1C(=O)c1ccc(C#CCN)s1. The number of hydrogen-bond acceptors (Lipinski definition) is 4. The van der Waals surface area contributed by atoms with E-state index < -0.39 is 0 Å². The van der Waals surface area contributed by atoms with Gasteiger partial charge in [-0.2, -0.15) is 0 Å². The highest BCUT2D eigenvalue weighted by atomic mass is 32.1. The molecule has 4 nitrogen and oxygen atoms in total. The molecule has 0 aliphatic carbocycles. The quantitative estimate of drug-likeness (QED) is 0.774. The average Bonchev–Trinajstić information content (AvgIpc) is 2.84. The number of carbonyl (C=O) groups is 1. The molecule has 102 valence electrons. The molecule has 0 saturated carbocycles. The van der Waals surface area contributed by atoms with E-state index in [9.17, 15) is 4.79 Å². The van der Waals surface area contributed by atoms with Crippen LogP contribution < -0.4 is 5.73 Å². The summed E-state index contributed by atoms with van der Waals surface area (Å²) in [5, 5.41) is 0. The van der Waals surface area contributed by atoms with Gasteiger partial charge in [-0.15, -0.1) is 11.3 Å². The van der Waals surface area contributed by atoms with Crippen LogP contribution in [0.3, 0.4) is 0 Å². The largest absolute Gasteiger partial charge is 0.333 e. The molecule has 2 rings (SSSR count). The van der Waals surface area contributed by atoms with E-state index in [1.54, 1.807) is 0 Å². The monoisotopic (exact) mass is 277 g/mol. The van der Waals surface area contributed by atoms with Gasteiger partial charge in [0.2, 0.25) is 0 Å². The molecule has 1 atom stereocenters. The number of hydrogen-bond donors (Lipinski definition) is 1. The number of carbonyl (C=O) groups excluding carboxylic acids is 1. The van der Waals surface area contributed by atoms with Crippen molar-refractivity contribution in [2.75, 3.05) is 33.2 Å². The first kappa shape index (κ1) is 14.1. The maximum atomic E-state index is 12.4. The molecule has 19 heavy (non-hydrogen) atoms. The third-order valence-corrected chi connectivity index (χ3v) is 4.21. The Kier molecular flexibility index (Phi) is 4.59. The molecule has 1 fully saturated rings. The van der Waals surface area contributed by atoms with E-state index in [0.717, 1.165) is 29.4 Å². The van der Waals surface area contributed by atoms with Crippen molar-refractivity contribution >= 4 is 17.2 Å². The van der Waals surface area contributed by atoms with Gasteiger partial charge in [-0.05, 0) is 26.1 Å². The first-order chi connectivity index (χ1) is 9.11.